The van der Waals surface area contributed by atoms with Gasteiger partial charge in [0.1, 0.15) is 17.3 Å². The molecule has 0 unspecified atom stereocenters. The number of carbonyl (C=O) groups excluding carboxylic acids is 2. The summed E-state index contributed by atoms with van der Waals surface area (Å²) in [5.41, 5.74) is 2.24. The van der Waals surface area contributed by atoms with Crippen LogP contribution in [-0.2, 0) is 0 Å². The number of nitrogens with one attached hydrogen (secondary N) is 2. The van der Waals surface area contributed by atoms with Crippen molar-refractivity contribution < 1.29 is 18.7 Å². The van der Waals surface area contributed by atoms with Gasteiger partial charge in [-0.05, 0) is 61.0 Å². The molecule has 2 aromatic carbocycles. The predicted molar refractivity (Wildman–Crippen MR) is 104 cm³/mol. The van der Waals surface area contributed by atoms with E-state index < -0.39 is 17.6 Å². The Labute approximate surface area is 161 Å². The van der Waals surface area contributed by atoms with E-state index in [9.17, 15) is 14.0 Å². The van der Waals surface area contributed by atoms with E-state index >= 15 is 0 Å². The van der Waals surface area contributed by atoms with E-state index in [4.69, 9.17) is 4.74 Å². The van der Waals surface area contributed by atoms with E-state index in [2.05, 4.69) is 15.6 Å². The summed E-state index contributed by atoms with van der Waals surface area (Å²) >= 11 is 0. The van der Waals surface area contributed by atoms with Crippen LogP contribution in [0.2, 0.25) is 0 Å². The third-order valence-corrected chi connectivity index (χ3v) is 3.96. The minimum absolute atomic E-state index is 0.0790. The van der Waals surface area contributed by atoms with Crippen LogP contribution in [-0.4, -0.2) is 23.9 Å². The van der Waals surface area contributed by atoms with Crippen molar-refractivity contribution >= 4 is 23.2 Å². The molecule has 0 bridgehead atoms. The normalized spacial score (nSPS) is 10.2. The molecule has 2 amide bonds. The number of carbonyl (C=O) groups is 2. The zero-order valence-corrected chi connectivity index (χ0v) is 15.3. The van der Waals surface area contributed by atoms with E-state index in [1.165, 1.54) is 49.7 Å². The van der Waals surface area contributed by atoms with Gasteiger partial charge in [-0.3, -0.25) is 14.6 Å². The van der Waals surface area contributed by atoms with Crippen LogP contribution in [0.15, 0.2) is 60.8 Å². The fraction of sp³-hybridized carbons (Fsp3) is 0.0952. The molecular formula is C21H18FN3O3. The number of pyridine rings is 1. The Morgan fingerprint density at radius 1 is 0.964 bits per heavy atom. The van der Waals surface area contributed by atoms with Crippen LogP contribution in [0.1, 0.15) is 26.4 Å². The Bertz CT molecular complexity index is 1020. The number of benzene rings is 2. The van der Waals surface area contributed by atoms with Gasteiger partial charge in [0.2, 0.25) is 0 Å². The van der Waals surface area contributed by atoms with E-state index in [1.54, 1.807) is 12.1 Å². The number of halogens is 1. The van der Waals surface area contributed by atoms with Crippen molar-refractivity contribution in [3.63, 3.8) is 0 Å². The van der Waals surface area contributed by atoms with Gasteiger partial charge in [-0.1, -0.05) is 6.07 Å². The highest BCUT2D eigenvalue weighted by atomic mass is 19.1. The number of aromatic nitrogens is 1. The van der Waals surface area contributed by atoms with Crippen molar-refractivity contribution in [2.24, 2.45) is 0 Å². The van der Waals surface area contributed by atoms with Gasteiger partial charge < -0.3 is 15.4 Å². The first-order valence-electron chi connectivity index (χ1n) is 8.45. The number of ether oxygens (including phenoxy) is 1. The van der Waals surface area contributed by atoms with Gasteiger partial charge in [0.15, 0.2) is 0 Å². The summed E-state index contributed by atoms with van der Waals surface area (Å²) in [5.74, 6) is -0.784. The molecule has 7 heteroatoms. The summed E-state index contributed by atoms with van der Waals surface area (Å²) in [7, 11) is 1.51. The van der Waals surface area contributed by atoms with Crippen molar-refractivity contribution in [3.05, 3.63) is 83.4 Å². The van der Waals surface area contributed by atoms with Crippen LogP contribution < -0.4 is 15.4 Å². The number of aryl methyl sites for hydroxylation is 1. The Morgan fingerprint density at radius 2 is 1.71 bits per heavy atom. The summed E-state index contributed by atoms with van der Waals surface area (Å²) in [6.07, 6.45) is 1.38. The Hall–Kier alpha value is -3.74. The lowest BCUT2D eigenvalue weighted by Crippen LogP contribution is -2.17. The van der Waals surface area contributed by atoms with Crippen molar-refractivity contribution in [3.8, 4) is 5.75 Å². The molecular weight excluding hydrogens is 361 g/mol. The second-order valence-electron chi connectivity index (χ2n) is 6.05. The molecule has 0 saturated heterocycles. The smallest absolute Gasteiger partial charge is 0.274 e. The highest BCUT2D eigenvalue weighted by Crippen LogP contribution is 2.25. The lowest BCUT2D eigenvalue weighted by Gasteiger charge is -2.11. The van der Waals surface area contributed by atoms with Crippen LogP contribution >= 0.6 is 0 Å². The summed E-state index contributed by atoms with van der Waals surface area (Å²) in [6.45, 7) is 1.90. The zero-order chi connectivity index (χ0) is 20.1. The van der Waals surface area contributed by atoms with Gasteiger partial charge in [0.25, 0.3) is 11.8 Å². The van der Waals surface area contributed by atoms with Gasteiger partial charge in [-0.15, -0.1) is 0 Å². The number of amides is 2. The fourth-order valence-corrected chi connectivity index (χ4v) is 2.54. The molecule has 3 rings (SSSR count). The molecule has 0 aliphatic carbocycles. The molecule has 28 heavy (non-hydrogen) atoms. The highest BCUT2D eigenvalue weighted by molar-refractivity contribution is 6.08. The number of methoxy groups -OCH3 is 1. The Morgan fingerprint density at radius 3 is 2.43 bits per heavy atom. The second kappa shape index (κ2) is 8.30. The first-order valence-corrected chi connectivity index (χ1v) is 8.45. The lowest BCUT2D eigenvalue weighted by molar-refractivity contribution is 0.102. The van der Waals surface area contributed by atoms with Crippen molar-refractivity contribution in [1.29, 1.82) is 0 Å². The molecule has 0 atom stereocenters. The summed E-state index contributed by atoms with van der Waals surface area (Å²) in [4.78, 5) is 29.0. The number of rotatable bonds is 5. The summed E-state index contributed by atoms with van der Waals surface area (Å²) in [6, 6.07) is 13.7. The van der Waals surface area contributed by atoms with Crippen LogP contribution in [0.3, 0.4) is 0 Å². The van der Waals surface area contributed by atoms with Crippen LogP contribution in [0, 0.1) is 12.7 Å². The highest BCUT2D eigenvalue weighted by Gasteiger charge is 2.14. The van der Waals surface area contributed by atoms with Crippen molar-refractivity contribution in [2.45, 2.75) is 6.92 Å². The number of hydrogen-bond donors (Lipinski definition) is 2. The Kier molecular flexibility index (Phi) is 5.64. The van der Waals surface area contributed by atoms with Gasteiger partial charge in [-0.25, -0.2) is 4.39 Å². The molecule has 3 aromatic rings. The van der Waals surface area contributed by atoms with E-state index in [1.807, 2.05) is 13.0 Å². The van der Waals surface area contributed by atoms with Gasteiger partial charge >= 0.3 is 0 Å². The third-order valence-electron chi connectivity index (χ3n) is 3.96. The van der Waals surface area contributed by atoms with Crippen LogP contribution in [0.4, 0.5) is 15.8 Å². The zero-order valence-electron chi connectivity index (χ0n) is 15.3. The number of nitrogens with zero attached hydrogens (tertiary/aromatic N) is 1. The monoisotopic (exact) mass is 379 g/mol. The molecule has 0 saturated carbocycles. The fourth-order valence-electron chi connectivity index (χ4n) is 2.54. The average Bonchev–Trinajstić information content (AvgIpc) is 2.70. The average molecular weight is 379 g/mol. The molecule has 142 valence electrons. The first kappa shape index (κ1) is 19.0. The van der Waals surface area contributed by atoms with Crippen LogP contribution in [0.25, 0.3) is 0 Å². The third kappa shape index (κ3) is 4.50. The lowest BCUT2D eigenvalue weighted by atomic mass is 10.1. The van der Waals surface area contributed by atoms with Gasteiger partial charge in [-0.2, -0.15) is 0 Å². The van der Waals surface area contributed by atoms with Gasteiger partial charge in [0.05, 0.1) is 12.8 Å². The molecule has 2 N–H and O–H groups in total. The van der Waals surface area contributed by atoms with E-state index in [0.717, 1.165) is 5.56 Å². The maximum Gasteiger partial charge on any atom is 0.274 e. The standard InChI is InChI=1S/C21H18FN3O3/c1-13-3-8-19(28-2)17(11-13)25-21(27)18-12-14(9-10-23-18)20(26)24-16-6-4-15(22)5-7-16/h3-12H,1-2H3,(H,24,26)(H,25,27). The largest absolute Gasteiger partial charge is 0.495 e. The summed E-state index contributed by atoms with van der Waals surface area (Å²) < 4.78 is 18.2. The van der Waals surface area contributed by atoms with Crippen molar-refractivity contribution in [2.75, 3.05) is 17.7 Å². The van der Waals surface area contributed by atoms with E-state index in [-0.39, 0.29) is 11.3 Å². The quantitative estimate of drug-likeness (QED) is 0.701. The molecule has 1 aromatic heterocycles. The minimum Gasteiger partial charge on any atom is -0.495 e. The molecule has 6 nitrogen and oxygen atoms in total. The first-order chi connectivity index (χ1) is 13.5. The SMILES string of the molecule is COc1ccc(C)cc1NC(=O)c1cc(C(=O)Nc2ccc(F)cc2)ccn1. The molecule has 0 radical (unpaired) electrons. The minimum atomic E-state index is -0.472. The van der Waals surface area contributed by atoms with Crippen molar-refractivity contribution in [1.82, 2.24) is 4.98 Å². The Balaban J connectivity index is 1.77. The van der Waals surface area contributed by atoms with Gasteiger partial charge in [0, 0.05) is 17.4 Å². The topological polar surface area (TPSA) is 80.3 Å². The number of anilines is 2. The maximum absolute atomic E-state index is 13.0. The molecule has 0 fully saturated rings. The molecule has 0 aliphatic heterocycles. The summed E-state index contributed by atoms with van der Waals surface area (Å²) in [5, 5.41) is 5.38. The van der Waals surface area contributed by atoms with E-state index in [0.29, 0.717) is 17.1 Å². The molecule has 1 heterocycles. The predicted octanol–water partition coefficient (Wildman–Crippen LogP) is 4.04. The second-order valence-corrected chi connectivity index (χ2v) is 6.05. The maximum atomic E-state index is 13.0. The van der Waals surface area contributed by atoms with Crippen LogP contribution in [0.5, 0.6) is 5.75 Å². The molecule has 0 aliphatic rings. The molecule has 0 spiro atoms. The number of hydrogen-bond acceptors (Lipinski definition) is 4.